The lowest BCUT2D eigenvalue weighted by molar-refractivity contribution is 0.0929. The van der Waals surface area contributed by atoms with Crippen LogP contribution in [-0.2, 0) is 12.8 Å². The fourth-order valence-corrected chi connectivity index (χ4v) is 3.17. The Morgan fingerprint density at radius 3 is 3.00 bits per heavy atom. The summed E-state index contributed by atoms with van der Waals surface area (Å²) in [5.41, 5.74) is 3.83. The number of aromatic amines is 1. The maximum absolute atomic E-state index is 14.2. The Morgan fingerprint density at radius 1 is 1.45 bits per heavy atom. The molecule has 1 aliphatic rings. The number of halogens is 2. The van der Waals surface area contributed by atoms with Crippen LogP contribution >= 0.6 is 15.9 Å². The molecule has 1 unspecified atom stereocenters. The molecule has 0 bridgehead atoms. The Balaban J connectivity index is 1.76. The third kappa shape index (κ3) is 2.67. The SMILES string of the molecule is Cc1[nH]nc2c1CC(NC(=O)c1ccc(Br)c(C)c1F)CC2. The maximum atomic E-state index is 14.2. The quantitative estimate of drug-likeness (QED) is 0.858. The summed E-state index contributed by atoms with van der Waals surface area (Å²) in [6.45, 7) is 3.63. The second-order valence-electron chi connectivity index (χ2n) is 5.72. The van der Waals surface area contributed by atoms with Crippen LogP contribution in [0.25, 0.3) is 0 Å². The van der Waals surface area contributed by atoms with E-state index in [1.54, 1.807) is 13.0 Å². The van der Waals surface area contributed by atoms with Crippen LogP contribution in [0.2, 0.25) is 0 Å². The van der Waals surface area contributed by atoms with Crippen LogP contribution in [0.1, 0.15) is 39.3 Å². The summed E-state index contributed by atoms with van der Waals surface area (Å²) in [5.74, 6) is -0.828. The van der Waals surface area contributed by atoms with Gasteiger partial charge in [0.2, 0.25) is 0 Å². The number of benzene rings is 1. The lowest BCUT2D eigenvalue weighted by Gasteiger charge is -2.23. The molecule has 1 aromatic heterocycles. The maximum Gasteiger partial charge on any atom is 0.254 e. The van der Waals surface area contributed by atoms with Crippen LogP contribution in [-0.4, -0.2) is 22.1 Å². The molecule has 116 valence electrons. The van der Waals surface area contributed by atoms with E-state index in [1.807, 2.05) is 6.92 Å². The summed E-state index contributed by atoms with van der Waals surface area (Å²) >= 11 is 3.27. The number of carbonyl (C=O) groups is 1. The predicted octanol–water partition coefficient (Wildman–Crippen LogP) is 3.22. The number of carbonyl (C=O) groups excluding carboxylic acids is 1. The fraction of sp³-hybridized carbons (Fsp3) is 0.375. The van der Waals surface area contributed by atoms with Crippen LogP contribution < -0.4 is 5.32 Å². The molecule has 0 fully saturated rings. The predicted molar refractivity (Wildman–Crippen MR) is 85.4 cm³/mol. The van der Waals surface area contributed by atoms with Gasteiger partial charge in [-0.15, -0.1) is 0 Å². The minimum absolute atomic E-state index is 0.0136. The van der Waals surface area contributed by atoms with E-state index >= 15 is 0 Å². The topological polar surface area (TPSA) is 57.8 Å². The van der Waals surface area contributed by atoms with Crippen LogP contribution in [0.3, 0.4) is 0 Å². The molecule has 0 saturated heterocycles. The second kappa shape index (κ2) is 5.83. The number of fused-ring (bicyclic) bond motifs is 1. The van der Waals surface area contributed by atoms with Crippen molar-refractivity contribution in [1.82, 2.24) is 15.5 Å². The molecule has 1 aliphatic carbocycles. The summed E-state index contributed by atoms with van der Waals surface area (Å²) in [7, 11) is 0. The smallest absolute Gasteiger partial charge is 0.254 e. The van der Waals surface area contributed by atoms with Gasteiger partial charge in [-0.2, -0.15) is 5.10 Å². The van der Waals surface area contributed by atoms with E-state index in [0.29, 0.717) is 10.0 Å². The third-order valence-electron chi connectivity index (χ3n) is 4.24. The average Bonchev–Trinajstić information content (AvgIpc) is 2.86. The van der Waals surface area contributed by atoms with Crippen molar-refractivity contribution in [2.75, 3.05) is 0 Å². The first-order valence-electron chi connectivity index (χ1n) is 7.25. The average molecular weight is 366 g/mol. The van der Waals surface area contributed by atoms with Gasteiger partial charge in [-0.25, -0.2) is 4.39 Å². The first-order valence-corrected chi connectivity index (χ1v) is 8.05. The molecule has 1 aromatic carbocycles. The van der Waals surface area contributed by atoms with Crippen molar-refractivity contribution >= 4 is 21.8 Å². The molecule has 0 aliphatic heterocycles. The molecule has 0 spiro atoms. The highest BCUT2D eigenvalue weighted by Crippen LogP contribution is 2.24. The number of nitrogens with zero attached hydrogens (tertiary/aromatic N) is 1. The number of hydrogen-bond acceptors (Lipinski definition) is 2. The molecule has 6 heteroatoms. The van der Waals surface area contributed by atoms with E-state index in [-0.39, 0.29) is 17.5 Å². The number of rotatable bonds is 2. The second-order valence-corrected chi connectivity index (χ2v) is 6.58. The van der Waals surface area contributed by atoms with Crippen molar-refractivity contribution in [1.29, 1.82) is 0 Å². The number of aromatic nitrogens is 2. The number of H-pyrrole nitrogens is 1. The summed E-state index contributed by atoms with van der Waals surface area (Å²) < 4.78 is 14.9. The van der Waals surface area contributed by atoms with Crippen molar-refractivity contribution in [3.8, 4) is 0 Å². The Morgan fingerprint density at radius 2 is 2.23 bits per heavy atom. The van der Waals surface area contributed by atoms with Gasteiger partial charge in [-0.1, -0.05) is 15.9 Å². The Kier molecular flexibility index (Phi) is 4.04. The van der Waals surface area contributed by atoms with Crippen LogP contribution in [0.15, 0.2) is 16.6 Å². The Labute approximate surface area is 136 Å². The van der Waals surface area contributed by atoms with E-state index in [9.17, 15) is 9.18 Å². The van der Waals surface area contributed by atoms with Crippen molar-refractivity contribution in [2.24, 2.45) is 0 Å². The normalized spacial score (nSPS) is 17.2. The van der Waals surface area contributed by atoms with Crippen molar-refractivity contribution in [3.05, 3.63) is 50.5 Å². The molecule has 4 nitrogen and oxygen atoms in total. The molecule has 3 rings (SSSR count). The molecular weight excluding hydrogens is 349 g/mol. The van der Waals surface area contributed by atoms with Crippen LogP contribution in [0, 0.1) is 19.7 Å². The molecule has 1 heterocycles. The molecule has 22 heavy (non-hydrogen) atoms. The van der Waals surface area contributed by atoms with E-state index < -0.39 is 5.82 Å². The number of nitrogens with one attached hydrogen (secondary N) is 2. The number of aryl methyl sites for hydroxylation is 2. The van der Waals surface area contributed by atoms with Crippen molar-refractivity contribution in [3.63, 3.8) is 0 Å². The first kappa shape index (κ1) is 15.2. The zero-order chi connectivity index (χ0) is 15.9. The van der Waals surface area contributed by atoms with Gasteiger partial charge in [-0.05, 0) is 56.4 Å². The van der Waals surface area contributed by atoms with Gasteiger partial charge < -0.3 is 5.32 Å². The third-order valence-corrected chi connectivity index (χ3v) is 5.10. The van der Waals surface area contributed by atoms with Crippen LogP contribution in [0.5, 0.6) is 0 Å². The lowest BCUT2D eigenvalue weighted by atomic mass is 9.91. The highest BCUT2D eigenvalue weighted by atomic mass is 79.9. The van der Waals surface area contributed by atoms with E-state index in [4.69, 9.17) is 0 Å². The van der Waals surface area contributed by atoms with Gasteiger partial charge in [0.25, 0.3) is 5.91 Å². The minimum atomic E-state index is -0.470. The molecular formula is C16H17BrFN3O. The van der Waals surface area contributed by atoms with Crippen LogP contribution in [0.4, 0.5) is 4.39 Å². The molecule has 1 atom stereocenters. The molecule has 2 aromatic rings. The Bertz CT molecular complexity index is 741. The summed E-state index contributed by atoms with van der Waals surface area (Å²) in [6, 6.07) is 3.23. The van der Waals surface area contributed by atoms with Gasteiger partial charge in [0.1, 0.15) is 5.82 Å². The van der Waals surface area contributed by atoms with Gasteiger partial charge in [-0.3, -0.25) is 9.89 Å². The summed E-state index contributed by atoms with van der Waals surface area (Å²) in [5, 5.41) is 10.2. The minimum Gasteiger partial charge on any atom is -0.349 e. The Hall–Kier alpha value is -1.69. The molecule has 1 amide bonds. The standard InChI is InChI=1S/C16H17BrFN3O/c1-8-13(17)5-4-11(15(8)18)16(22)19-10-3-6-14-12(7-10)9(2)20-21-14/h4-5,10H,3,6-7H2,1-2H3,(H,19,22)(H,20,21). The van der Waals surface area contributed by atoms with E-state index in [0.717, 1.165) is 30.7 Å². The first-order chi connectivity index (χ1) is 10.5. The zero-order valence-corrected chi connectivity index (χ0v) is 14.1. The van der Waals surface area contributed by atoms with Gasteiger partial charge in [0.15, 0.2) is 0 Å². The molecule has 2 N–H and O–H groups in total. The van der Waals surface area contributed by atoms with Gasteiger partial charge >= 0.3 is 0 Å². The van der Waals surface area contributed by atoms with Gasteiger partial charge in [0, 0.05) is 16.2 Å². The lowest BCUT2D eigenvalue weighted by Crippen LogP contribution is -2.39. The largest absolute Gasteiger partial charge is 0.349 e. The molecule has 0 saturated carbocycles. The highest BCUT2D eigenvalue weighted by Gasteiger charge is 2.25. The highest BCUT2D eigenvalue weighted by molar-refractivity contribution is 9.10. The monoisotopic (exact) mass is 365 g/mol. The summed E-state index contributed by atoms with van der Waals surface area (Å²) in [6.07, 6.45) is 2.38. The van der Waals surface area contributed by atoms with E-state index in [1.165, 1.54) is 11.6 Å². The molecule has 0 radical (unpaired) electrons. The number of amides is 1. The number of hydrogen-bond donors (Lipinski definition) is 2. The van der Waals surface area contributed by atoms with Crippen molar-refractivity contribution in [2.45, 2.75) is 39.2 Å². The summed E-state index contributed by atoms with van der Waals surface area (Å²) in [4.78, 5) is 12.3. The zero-order valence-electron chi connectivity index (χ0n) is 12.5. The van der Waals surface area contributed by atoms with E-state index in [2.05, 4.69) is 31.4 Å². The fourth-order valence-electron chi connectivity index (χ4n) is 2.86. The van der Waals surface area contributed by atoms with Crippen molar-refractivity contribution < 1.29 is 9.18 Å². The van der Waals surface area contributed by atoms with Gasteiger partial charge in [0.05, 0.1) is 11.3 Å².